The van der Waals surface area contributed by atoms with Crippen LogP contribution in [0.5, 0.6) is 0 Å². The van der Waals surface area contributed by atoms with Crippen molar-refractivity contribution in [2.24, 2.45) is 0 Å². The molecule has 1 fully saturated rings. The Labute approximate surface area is 128 Å². The van der Waals surface area contributed by atoms with Crippen LogP contribution in [0.25, 0.3) is 5.69 Å². The van der Waals surface area contributed by atoms with Crippen molar-refractivity contribution in [2.75, 3.05) is 5.32 Å². The summed E-state index contributed by atoms with van der Waals surface area (Å²) in [7, 11) is 0. The summed E-state index contributed by atoms with van der Waals surface area (Å²) in [6, 6.07) is 7.01. The van der Waals surface area contributed by atoms with Crippen molar-refractivity contribution in [3.8, 4) is 5.69 Å². The van der Waals surface area contributed by atoms with Gasteiger partial charge in [-0.3, -0.25) is 4.57 Å². The second-order valence-electron chi connectivity index (χ2n) is 5.69. The number of anilines is 1. The lowest BCUT2D eigenvalue weighted by atomic mass is 10.2. The molecule has 1 aliphatic carbocycles. The molecule has 1 saturated carbocycles. The van der Waals surface area contributed by atoms with E-state index in [2.05, 4.69) is 62.1 Å². The van der Waals surface area contributed by atoms with Gasteiger partial charge in [-0.1, -0.05) is 28.8 Å². The van der Waals surface area contributed by atoms with Crippen LogP contribution >= 0.6 is 15.9 Å². The molecule has 0 bridgehead atoms. The second-order valence-corrected chi connectivity index (χ2v) is 6.60. The summed E-state index contributed by atoms with van der Waals surface area (Å²) in [5.74, 6) is 0.965. The minimum absolute atomic E-state index is 0.573. The van der Waals surface area contributed by atoms with Gasteiger partial charge in [0.25, 0.3) is 0 Å². The lowest BCUT2D eigenvalue weighted by Crippen LogP contribution is -2.17. The Morgan fingerprint density at radius 2 is 1.95 bits per heavy atom. The number of aryl methyl sites for hydroxylation is 2. The van der Waals surface area contributed by atoms with Gasteiger partial charge in [0.1, 0.15) is 0 Å². The number of halogens is 1. The second kappa shape index (κ2) is 5.60. The van der Waals surface area contributed by atoms with Crippen LogP contribution < -0.4 is 5.32 Å². The maximum absolute atomic E-state index is 4.65. The third-order valence-corrected chi connectivity index (χ3v) is 4.28. The summed E-state index contributed by atoms with van der Waals surface area (Å²) in [4.78, 5) is 4.65. The predicted molar refractivity (Wildman–Crippen MR) is 86.6 cm³/mol. The van der Waals surface area contributed by atoms with Gasteiger partial charge in [0, 0.05) is 22.4 Å². The molecule has 106 valence electrons. The molecular weight excluding hydrogens is 314 g/mol. The Hall–Kier alpha value is -1.29. The molecule has 4 heteroatoms. The molecule has 0 spiro atoms. The molecule has 1 aromatic heterocycles. The average Bonchev–Trinajstić information content (AvgIpc) is 2.98. The fraction of sp³-hybridized carbons (Fsp3) is 0.438. The fourth-order valence-electron chi connectivity index (χ4n) is 2.91. The van der Waals surface area contributed by atoms with E-state index in [1.807, 2.05) is 6.92 Å². The molecule has 1 aromatic carbocycles. The highest BCUT2D eigenvalue weighted by molar-refractivity contribution is 9.10. The van der Waals surface area contributed by atoms with Crippen LogP contribution in [0.2, 0.25) is 0 Å². The largest absolute Gasteiger partial charge is 0.353 e. The summed E-state index contributed by atoms with van der Waals surface area (Å²) >= 11 is 3.58. The Morgan fingerprint density at radius 3 is 2.65 bits per heavy atom. The molecule has 0 atom stereocenters. The molecule has 3 nitrogen and oxygen atoms in total. The van der Waals surface area contributed by atoms with Crippen molar-refractivity contribution in [3.05, 3.63) is 40.1 Å². The van der Waals surface area contributed by atoms with Crippen LogP contribution in [-0.4, -0.2) is 15.6 Å². The van der Waals surface area contributed by atoms with Gasteiger partial charge in [0.05, 0.1) is 5.69 Å². The topological polar surface area (TPSA) is 29.9 Å². The molecule has 1 heterocycles. The number of nitrogens with one attached hydrogen (secondary N) is 1. The van der Waals surface area contributed by atoms with Crippen molar-refractivity contribution in [2.45, 2.75) is 45.6 Å². The van der Waals surface area contributed by atoms with Gasteiger partial charge in [0.2, 0.25) is 5.95 Å². The number of hydrogen-bond acceptors (Lipinski definition) is 2. The zero-order valence-corrected chi connectivity index (χ0v) is 13.6. The Kier molecular flexibility index (Phi) is 3.83. The lowest BCUT2D eigenvalue weighted by Gasteiger charge is -2.15. The van der Waals surface area contributed by atoms with Crippen LogP contribution in [0, 0.1) is 13.8 Å². The number of rotatable bonds is 3. The van der Waals surface area contributed by atoms with E-state index >= 15 is 0 Å². The van der Waals surface area contributed by atoms with Gasteiger partial charge in [-0.25, -0.2) is 4.98 Å². The maximum atomic E-state index is 4.65. The first-order valence-corrected chi connectivity index (χ1v) is 8.01. The number of imidazole rings is 1. The molecule has 0 aliphatic heterocycles. The van der Waals surface area contributed by atoms with E-state index in [9.17, 15) is 0 Å². The molecule has 0 saturated heterocycles. The fourth-order valence-corrected chi connectivity index (χ4v) is 3.50. The quantitative estimate of drug-likeness (QED) is 0.889. The summed E-state index contributed by atoms with van der Waals surface area (Å²) in [5.41, 5.74) is 3.44. The normalized spacial score (nSPS) is 15.8. The van der Waals surface area contributed by atoms with Gasteiger partial charge in [0.15, 0.2) is 0 Å². The monoisotopic (exact) mass is 333 g/mol. The zero-order valence-electron chi connectivity index (χ0n) is 12.0. The van der Waals surface area contributed by atoms with Crippen molar-refractivity contribution < 1.29 is 0 Å². The number of benzene rings is 1. The van der Waals surface area contributed by atoms with Gasteiger partial charge in [-0.05, 0) is 50.5 Å². The van der Waals surface area contributed by atoms with Crippen LogP contribution in [-0.2, 0) is 0 Å². The third-order valence-electron chi connectivity index (χ3n) is 3.82. The molecule has 0 radical (unpaired) electrons. The van der Waals surface area contributed by atoms with Crippen LogP contribution in [0.1, 0.15) is 36.9 Å². The average molecular weight is 334 g/mol. The van der Waals surface area contributed by atoms with Gasteiger partial charge >= 0.3 is 0 Å². The van der Waals surface area contributed by atoms with E-state index in [4.69, 9.17) is 0 Å². The molecular formula is C16H20BrN3. The highest BCUT2D eigenvalue weighted by Crippen LogP contribution is 2.25. The van der Waals surface area contributed by atoms with Crippen LogP contribution in [0.15, 0.2) is 28.9 Å². The number of aromatic nitrogens is 2. The van der Waals surface area contributed by atoms with E-state index in [-0.39, 0.29) is 0 Å². The Balaban J connectivity index is 1.95. The van der Waals surface area contributed by atoms with E-state index in [0.717, 1.165) is 21.8 Å². The minimum atomic E-state index is 0.573. The third kappa shape index (κ3) is 2.90. The van der Waals surface area contributed by atoms with Gasteiger partial charge in [-0.2, -0.15) is 0 Å². The molecule has 20 heavy (non-hydrogen) atoms. The SMILES string of the molecule is Cc1cc(Br)cc(-n2cc(C)nc2NC2CCCC2)c1. The lowest BCUT2D eigenvalue weighted by molar-refractivity contribution is 0.740. The highest BCUT2D eigenvalue weighted by atomic mass is 79.9. The first-order chi connectivity index (χ1) is 9.61. The van der Waals surface area contributed by atoms with Crippen LogP contribution in [0.4, 0.5) is 5.95 Å². The summed E-state index contributed by atoms with van der Waals surface area (Å²) in [6.45, 7) is 4.16. The van der Waals surface area contributed by atoms with Gasteiger partial charge in [-0.15, -0.1) is 0 Å². The molecule has 1 N–H and O–H groups in total. The van der Waals surface area contributed by atoms with E-state index in [0.29, 0.717) is 6.04 Å². The smallest absolute Gasteiger partial charge is 0.207 e. The maximum Gasteiger partial charge on any atom is 0.207 e. The zero-order chi connectivity index (χ0) is 14.1. The summed E-state index contributed by atoms with van der Waals surface area (Å²) in [6.07, 6.45) is 7.26. The van der Waals surface area contributed by atoms with E-state index in [1.165, 1.54) is 31.2 Å². The van der Waals surface area contributed by atoms with Crippen LogP contribution in [0.3, 0.4) is 0 Å². The molecule has 2 aromatic rings. The Bertz CT molecular complexity index is 592. The van der Waals surface area contributed by atoms with E-state index < -0.39 is 0 Å². The number of nitrogens with zero attached hydrogens (tertiary/aromatic N) is 2. The molecule has 0 unspecified atom stereocenters. The van der Waals surface area contributed by atoms with Crippen molar-refractivity contribution >= 4 is 21.9 Å². The van der Waals surface area contributed by atoms with E-state index in [1.54, 1.807) is 0 Å². The standard InChI is InChI=1S/C16H20BrN3/c1-11-7-13(17)9-15(8-11)20-10-12(2)18-16(20)19-14-5-3-4-6-14/h7-10,14H,3-6H2,1-2H3,(H,18,19). The highest BCUT2D eigenvalue weighted by Gasteiger charge is 2.17. The van der Waals surface area contributed by atoms with Crippen molar-refractivity contribution in [1.29, 1.82) is 0 Å². The van der Waals surface area contributed by atoms with Crippen molar-refractivity contribution in [3.63, 3.8) is 0 Å². The molecule has 0 amide bonds. The summed E-state index contributed by atoms with van der Waals surface area (Å²) in [5, 5.41) is 3.60. The van der Waals surface area contributed by atoms with Gasteiger partial charge < -0.3 is 5.32 Å². The minimum Gasteiger partial charge on any atom is -0.353 e. The Morgan fingerprint density at radius 1 is 1.20 bits per heavy atom. The molecule has 1 aliphatic rings. The predicted octanol–water partition coefficient (Wildman–Crippen LogP) is 4.61. The first-order valence-electron chi connectivity index (χ1n) is 7.22. The summed E-state index contributed by atoms with van der Waals surface area (Å²) < 4.78 is 3.26. The van der Waals surface area contributed by atoms with Crippen molar-refractivity contribution in [1.82, 2.24) is 9.55 Å². The molecule has 3 rings (SSSR count). The first kappa shape index (κ1) is 13.7. The number of hydrogen-bond donors (Lipinski definition) is 1.